The quantitative estimate of drug-likeness (QED) is 0.723. The lowest BCUT2D eigenvalue weighted by Crippen LogP contribution is -2.15. The fraction of sp³-hybridized carbons (Fsp3) is 0.211. The number of rotatable bonds is 4. The van der Waals surface area contributed by atoms with Crippen LogP contribution in [0.4, 0.5) is 14.6 Å². The first kappa shape index (κ1) is 16.4. The molecule has 1 aliphatic carbocycles. The number of nitrogens with zero attached hydrogens (tertiary/aromatic N) is 3. The second-order valence-corrected chi connectivity index (χ2v) is 6.32. The van der Waals surface area contributed by atoms with Crippen molar-refractivity contribution in [3.8, 4) is 11.3 Å². The number of carbonyl (C=O) groups excluding carboxylic acids is 1. The van der Waals surface area contributed by atoms with Crippen LogP contribution in [0, 0.1) is 11.8 Å². The van der Waals surface area contributed by atoms with Gasteiger partial charge >= 0.3 is 0 Å². The summed E-state index contributed by atoms with van der Waals surface area (Å²) in [5, 5.41) is 6.84. The lowest BCUT2D eigenvalue weighted by atomic mass is 10.1. The van der Waals surface area contributed by atoms with Crippen LogP contribution < -0.4 is 5.32 Å². The van der Waals surface area contributed by atoms with E-state index in [1.165, 1.54) is 30.3 Å². The summed E-state index contributed by atoms with van der Waals surface area (Å²) < 4.78 is 29.8. The highest BCUT2D eigenvalue weighted by atomic mass is 19.1. The first-order valence-electron chi connectivity index (χ1n) is 8.29. The first-order valence-corrected chi connectivity index (χ1v) is 8.29. The molecule has 0 bridgehead atoms. The molecule has 0 unspecified atom stereocenters. The van der Waals surface area contributed by atoms with Gasteiger partial charge in [0.25, 0.3) is 5.91 Å². The Labute approximate surface area is 148 Å². The van der Waals surface area contributed by atoms with Gasteiger partial charge in [-0.05, 0) is 43.2 Å². The van der Waals surface area contributed by atoms with E-state index in [-0.39, 0.29) is 11.4 Å². The van der Waals surface area contributed by atoms with Crippen LogP contribution in [0.2, 0.25) is 0 Å². The zero-order valence-corrected chi connectivity index (χ0v) is 14.0. The summed E-state index contributed by atoms with van der Waals surface area (Å²) in [4.78, 5) is 15.9. The standard InChI is InChI=1S/C19H16F2N4O/c1-25-16(10-15(24-25)11-6-7-11)13-8-9-17(22-18(13)21)23-19(26)12-4-2-3-5-14(12)20/h2-5,8-11H,6-7H2,1H3,(H,22,23,26). The summed E-state index contributed by atoms with van der Waals surface area (Å²) >= 11 is 0. The van der Waals surface area contributed by atoms with Gasteiger partial charge in [0.15, 0.2) is 0 Å². The number of aromatic nitrogens is 3. The topological polar surface area (TPSA) is 59.8 Å². The molecular weight excluding hydrogens is 338 g/mol. The smallest absolute Gasteiger partial charge is 0.259 e. The molecule has 3 aromatic rings. The third-order valence-electron chi connectivity index (χ3n) is 4.38. The largest absolute Gasteiger partial charge is 0.306 e. The van der Waals surface area contributed by atoms with E-state index in [1.807, 2.05) is 6.07 Å². The Balaban J connectivity index is 1.58. The van der Waals surface area contributed by atoms with Gasteiger partial charge < -0.3 is 5.32 Å². The van der Waals surface area contributed by atoms with Crippen molar-refractivity contribution in [2.45, 2.75) is 18.8 Å². The summed E-state index contributed by atoms with van der Waals surface area (Å²) in [5.74, 6) is -1.57. The van der Waals surface area contributed by atoms with E-state index in [9.17, 15) is 13.6 Å². The van der Waals surface area contributed by atoms with Crippen LogP contribution >= 0.6 is 0 Å². The van der Waals surface area contributed by atoms with E-state index in [2.05, 4.69) is 15.4 Å². The van der Waals surface area contributed by atoms with Crippen LogP contribution in [-0.4, -0.2) is 20.7 Å². The SMILES string of the molecule is Cn1nc(C2CC2)cc1-c1ccc(NC(=O)c2ccccc2F)nc1F. The third-order valence-corrected chi connectivity index (χ3v) is 4.38. The summed E-state index contributed by atoms with van der Waals surface area (Å²) in [6, 6.07) is 10.5. The van der Waals surface area contributed by atoms with Crippen molar-refractivity contribution in [3.63, 3.8) is 0 Å². The third kappa shape index (κ3) is 3.08. The zero-order chi connectivity index (χ0) is 18.3. The number of halogens is 2. The molecule has 0 aliphatic heterocycles. The number of anilines is 1. The summed E-state index contributed by atoms with van der Waals surface area (Å²) in [7, 11) is 1.76. The van der Waals surface area contributed by atoms with Gasteiger partial charge in [-0.3, -0.25) is 9.48 Å². The van der Waals surface area contributed by atoms with Gasteiger partial charge in [0, 0.05) is 13.0 Å². The van der Waals surface area contributed by atoms with E-state index in [0.29, 0.717) is 17.2 Å². The molecule has 7 heteroatoms. The maximum absolute atomic E-state index is 14.5. The molecule has 1 N–H and O–H groups in total. The van der Waals surface area contributed by atoms with Crippen LogP contribution in [0.25, 0.3) is 11.3 Å². The molecule has 2 aromatic heterocycles. The predicted molar refractivity (Wildman–Crippen MR) is 92.7 cm³/mol. The fourth-order valence-corrected chi connectivity index (χ4v) is 2.84. The molecule has 1 saturated carbocycles. The second-order valence-electron chi connectivity index (χ2n) is 6.32. The Morgan fingerprint density at radius 1 is 1.19 bits per heavy atom. The number of amides is 1. The lowest BCUT2D eigenvalue weighted by Gasteiger charge is -2.08. The molecule has 0 spiro atoms. The van der Waals surface area contributed by atoms with Gasteiger partial charge in [0.05, 0.1) is 22.5 Å². The average molecular weight is 354 g/mol. The van der Waals surface area contributed by atoms with E-state index in [0.717, 1.165) is 18.5 Å². The second kappa shape index (κ2) is 6.33. The number of hydrogen-bond donors (Lipinski definition) is 1. The molecule has 0 radical (unpaired) electrons. The number of nitrogens with one attached hydrogen (secondary N) is 1. The Morgan fingerprint density at radius 2 is 1.96 bits per heavy atom. The number of benzene rings is 1. The maximum atomic E-state index is 14.5. The monoisotopic (exact) mass is 354 g/mol. The molecule has 132 valence electrons. The Morgan fingerprint density at radius 3 is 2.65 bits per heavy atom. The molecule has 4 rings (SSSR count). The highest BCUT2D eigenvalue weighted by Gasteiger charge is 2.27. The van der Waals surface area contributed by atoms with Gasteiger partial charge in [0.1, 0.15) is 11.6 Å². The summed E-state index contributed by atoms with van der Waals surface area (Å²) in [5.41, 5.74) is 1.76. The Kier molecular flexibility index (Phi) is 3.99. The highest BCUT2D eigenvalue weighted by Crippen LogP contribution is 2.40. The fourth-order valence-electron chi connectivity index (χ4n) is 2.84. The van der Waals surface area contributed by atoms with Crippen molar-refractivity contribution in [3.05, 3.63) is 65.5 Å². The molecular formula is C19H16F2N4O. The zero-order valence-electron chi connectivity index (χ0n) is 14.0. The number of hydrogen-bond acceptors (Lipinski definition) is 3. The molecule has 1 fully saturated rings. The van der Waals surface area contributed by atoms with Crippen LogP contribution in [0.1, 0.15) is 34.8 Å². The Bertz CT molecular complexity index is 995. The van der Waals surface area contributed by atoms with Crippen molar-refractivity contribution in [2.24, 2.45) is 7.05 Å². The molecule has 1 amide bonds. The normalized spacial score (nSPS) is 13.7. The van der Waals surface area contributed by atoms with Crippen LogP contribution in [0.3, 0.4) is 0 Å². The minimum atomic E-state index is -0.721. The number of aryl methyl sites for hydroxylation is 1. The van der Waals surface area contributed by atoms with Crippen molar-refractivity contribution >= 4 is 11.7 Å². The Hall–Kier alpha value is -3.09. The van der Waals surface area contributed by atoms with Gasteiger partial charge in [-0.1, -0.05) is 12.1 Å². The maximum Gasteiger partial charge on any atom is 0.259 e. The number of carbonyl (C=O) groups is 1. The lowest BCUT2D eigenvalue weighted by molar-refractivity contribution is 0.102. The molecule has 0 atom stereocenters. The molecule has 2 heterocycles. The first-order chi connectivity index (χ1) is 12.5. The average Bonchev–Trinajstić information content (AvgIpc) is 3.39. The van der Waals surface area contributed by atoms with Crippen molar-refractivity contribution < 1.29 is 13.6 Å². The number of pyridine rings is 1. The molecule has 1 aromatic carbocycles. The van der Waals surface area contributed by atoms with Crippen LogP contribution in [0.15, 0.2) is 42.5 Å². The van der Waals surface area contributed by atoms with E-state index >= 15 is 0 Å². The molecule has 5 nitrogen and oxygen atoms in total. The summed E-state index contributed by atoms with van der Waals surface area (Å²) in [6.45, 7) is 0. The van der Waals surface area contributed by atoms with Gasteiger partial charge in [-0.2, -0.15) is 9.49 Å². The minimum Gasteiger partial charge on any atom is -0.306 e. The van der Waals surface area contributed by atoms with E-state index in [1.54, 1.807) is 17.8 Å². The van der Waals surface area contributed by atoms with Crippen molar-refractivity contribution in [2.75, 3.05) is 5.32 Å². The van der Waals surface area contributed by atoms with E-state index in [4.69, 9.17) is 0 Å². The molecule has 26 heavy (non-hydrogen) atoms. The predicted octanol–water partition coefficient (Wildman–Crippen LogP) is 3.89. The van der Waals surface area contributed by atoms with Gasteiger partial charge in [-0.15, -0.1) is 0 Å². The summed E-state index contributed by atoms with van der Waals surface area (Å²) in [6.07, 6.45) is 2.22. The van der Waals surface area contributed by atoms with Crippen molar-refractivity contribution in [1.82, 2.24) is 14.8 Å². The van der Waals surface area contributed by atoms with Crippen molar-refractivity contribution in [1.29, 1.82) is 0 Å². The van der Waals surface area contributed by atoms with Gasteiger partial charge in [0.2, 0.25) is 5.95 Å². The van der Waals surface area contributed by atoms with E-state index < -0.39 is 17.7 Å². The highest BCUT2D eigenvalue weighted by molar-refractivity contribution is 6.03. The van der Waals surface area contributed by atoms with Gasteiger partial charge in [-0.25, -0.2) is 9.37 Å². The molecule has 0 saturated heterocycles. The minimum absolute atomic E-state index is 0.0177. The van der Waals surface area contributed by atoms with Crippen LogP contribution in [-0.2, 0) is 7.05 Å². The molecule has 1 aliphatic rings. The van der Waals surface area contributed by atoms with Crippen LogP contribution in [0.5, 0.6) is 0 Å².